The molecule has 4 N–H and O–H groups in total. The SMILES string of the molecule is COC(=O)C(CNC(=O)c1cccs1)NC(=O)c1c(C)nc(NCCCc2ccc(C)c(O)c2)nc1C. The summed E-state index contributed by atoms with van der Waals surface area (Å²) in [6.45, 7) is 5.71. The van der Waals surface area contributed by atoms with Gasteiger partial charge >= 0.3 is 5.97 Å². The third-order valence-corrected chi connectivity index (χ3v) is 6.57. The molecule has 196 valence electrons. The summed E-state index contributed by atoms with van der Waals surface area (Å²) in [6, 6.07) is 7.97. The van der Waals surface area contributed by atoms with Crippen LogP contribution in [0, 0.1) is 20.8 Å². The van der Waals surface area contributed by atoms with Crippen LogP contribution < -0.4 is 16.0 Å². The summed E-state index contributed by atoms with van der Waals surface area (Å²) in [7, 11) is 1.21. The number of aromatic hydroxyl groups is 1. The van der Waals surface area contributed by atoms with Crippen LogP contribution in [0.1, 0.15) is 49.0 Å². The van der Waals surface area contributed by atoms with Gasteiger partial charge in [0.2, 0.25) is 5.95 Å². The Morgan fingerprint density at radius 3 is 2.43 bits per heavy atom. The summed E-state index contributed by atoms with van der Waals surface area (Å²) in [4.78, 5) is 46.8. The quantitative estimate of drug-likeness (QED) is 0.221. The highest BCUT2D eigenvalue weighted by Gasteiger charge is 2.25. The monoisotopic (exact) mass is 525 g/mol. The van der Waals surface area contributed by atoms with Crippen molar-refractivity contribution >= 4 is 35.1 Å². The van der Waals surface area contributed by atoms with Gasteiger partial charge in [0.25, 0.3) is 11.8 Å². The molecule has 0 aliphatic heterocycles. The van der Waals surface area contributed by atoms with Gasteiger partial charge in [-0.15, -0.1) is 11.3 Å². The van der Waals surface area contributed by atoms with E-state index in [-0.39, 0.29) is 23.8 Å². The molecule has 0 saturated carbocycles. The molecule has 0 fully saturated rings. The molecule has 2 aromatic heterocycles. The van der Waals surface area contributed by atoms with Crippen LogP contribution in [0.4, 0.5) is 5.95 Å². The van der Waals surface area contributed by atoms with Gasteiger partial charge < -0.3 is 25.8 Å². The maximum absolute atomic E-state index is 13.0. The lowest BCUT2D eigenvalue weighted by Crippen LogP contribution is -2.49. The molecule has 0 bridgehead atoms. The average Bonchev–Trinajstić information content (AvgIpc) is 3.40. The number of hydrogen-bond donors (Lipinski definition) is 4. The Hall–Kier alpha value is -3.99. The molecule has 1 atom stereocenters. The number of esters is 1. The van der Waals surface area contributed by atoms with Crippen LogP contribution in [-0.4, -0.2) is 59.1 Å². The van der Waals surface area contributed by atoms with Crippen LogP contribution in [0.15, 0.2) is 35.7 Å². The van der Waals surface area contributed by atoms with E-state index in [0.29, 0.717) is 28.8 Å². The zero-order valence-electron chi connectivity index (χ0n) is 21.3. The van der Waals surface area contributed by atoms with Crippen molar-refractivity contribution in [3.8, 4) is 5.75 Å². The number of aryl methyl sites for hydroxylation is 4. The van der Waals surface area contributed by atoms with Crippen molar-refractivity contribution in [1.82, 2.24) is 20.6 Å². The number of methoxy groups -OCH3 is 1. The number of thiophene rings is 1. The molecule has 10 nitrogen and oxygen atoms in total. The van der Waals surface area contributed by atoms with Gasteiger partial charge in [0.05, 0.1) is 28.9 Å². The van der Waals surface area contributed by atoms with E-state index in [1.165, 1.54) is 18.4 Å². The van der Waals surface area contributed by atoms with Crippen molar-refractivity contribution in [3.63, 3.8) is 0 Å². The molecule has 0 radical (unpaired) electrons. The number of phenolic OH excluding ortho intramolecular Hbond substituents is 1. The smallest absolute Gasteiger partial charge is 0.330 e. The number of anilines is 1. The summed E-state index contributed by atoms with van der Waals surface area (Å²) in [5, 5.41) is 20.0. The number of ether oxygens (including phenoxy) is 1. The van der Waals surface area contributed by atoms with Gasteiger partial charge in [-0.3, -0.25) is 9.59 Å². The molecule has 37 heavy (non-hydrogen) atoms. The highest BCUT2D eigenvalue weighted by molar-refractivity contribution is 7.12. The molecule has 0 aliphatic carbocycles. The van der Waals surface area contributed by atoms with E-state index < -0.39 is 17.9 Å². The fraction of sp³-hybridized carbons (Fsp3) is 0.346. The Bertz CT molecular complexity index is 1240. The van der Waals surface area contributed by atoms with Crippen LogP contribution in [0.2, 0.25) is 0 Å². The highest BCUT2D eigenvalue weighted by Crippen LogP contribution is 2.18. The molecule has 3 aromatic rings. The van der Waals surface area contributed by atoms with Crippen LogP contribution in [-0.2, 0) is 16.0 Å². The van der Waals surface area contributed by atoms with Crippen molar-refractivity contribution in [3.05, 3.63) is 68.7 Å². The number of aromatic nitrogens is 2. The van der Waals surface area contributed by atoms with E-state index in [9.17, 15) is 19.5 Å². The largest absolute Gasteiger partial charge is 0.508 e. The zero-order valence-corrected chi connectivity index (χ0v) is 22.1. The Kier molecular flexibility index (Phi) is 9.56. The number of nitrogens with zero attached hydrogens (tertiary/aromatic N) is 2. The van der Waals surface area contributed by atoms with Crippen molar-refractivity contribution in [2.75, 3.05) is 25.5 Å². The summed E-state index contributed by atoms with van der Waals surface area (Å²) >= 11 is 1.27. The molecule has 2 amide bonds. The second-order valence-corrected chi connectivity index (χ2v) is 9.43. The third-order valence-electron chi connectivity index (χ3n) is 5.70. The predicted octanol–water partition coefficient (Wildman–Crippen LogP) is 2.92. The van der Waals surface area contributed by atoms with E-state index in [1.807, 2.05) is 19.1 Å². The third kappa shape index (κ3) is 7.50. The molecule has 1 unspecified atom stereocenters. The fourth-order valence-electron chi connectivity index (χ4n) is 3.68. The Balaban J connectivity index is 1.59. The van der Waals surface area contributed by atoms with Crippen molar-refractivity contribution < 1.29 is 24.2 Å². The van der Waals surface area contributed by atoms with Gasteiger partial charge in [-0.05, 0) is 62.3 Å². The average molecular weight is 526 g/mol. The number of hydrogen-bond acceptors (Lipinski definition) is 9. The number of carbonyl (C=O) groups is 3. The van der Waals surface area contributed by atoms with Crippen LogP contribution in [0.25, 0.3) is 0 Å². The van der Waals surface area contributed by atoms with Crippen LogP contribution >= 0.6 is 11.3 Å². The first kappa shape index (κ1) is 27.6. The number of benzene rings is 1. The molecular formula is C26H31N5O5S. The van der Waals surface area contributed by atoms with Gasteiger partial charge in [0.1, 0.15) is 11.8 Å². The summed E-state index contributed by atoms with van der Waals surface area (Å²) in [6.07, 6.45) is 1.57. The number of phenols is 1. The summed E-state index contributed by atoms with van der Waals surface area (Å²) < 4.78 is 4.79. The molecule has 0 spiro atoms. The molecular weight excluding hydrogens is 494 g/mol. The first-order valence-corrected chi connectivity index (χ1v) is 12.7. The number of carbonyl (C=O) groups excluding carboxylic acids is 3. The van der Waals surface area contributed by atoms with E-state index in [1.54, 1.807) is 37.4 Å². The van der Waals surface area contributed by atoms with Crippen molar-refractivity contribution in [1.29, 1.82) is 0 Å². The Morgan fingerprint density at radius 2 is 1.81 bits per heavy atom. The van der Waals surface area contributed by atoms with Crippen molar-refractivity contribution in [2.24, 2.45) is 0 Å². The van der Waals surface area contributed by atoms with Gasteiger partial charge in [0, 0.05) is 13.1 Å². The van der Waals surface area contributed by atoms with E-state index in [0.717, 1.165) is 24.0 Å². The summed E-state index contributed by atoms with van der Waals surface area (Å²) in [5.41, 5.74) is 3.02. The number of nitrogens with one attached hydrogen (secondary N) is 3. The lowest BCUT2D eigenvalue weighted by molar-refractivity contribution is -0.142. The first-order chi connectivity index (χ1) is 17.7. The fourth-order valence-corrected chi connectivity index (χ4v) is 4.32. The van der Waals surface area contributed by atoms with Gasteiger partial charge in [0.15, 0.2) is 0 Å². The minimum Gasteiger partial charge on any atom is -0.508 e. The van der Waals surface area contributed by atoms with Crippen LogP contribution in [0.5, 0.6) is 5.75 Å². The summed E-state index contributed by atoms with van der Waals surface area (Å²) in [5.74, 6) is -0.888. The normalized spacial score (nSPS) is 11.5. The van der Waals surface area contributed by atoms with Gasteiger partial charge in [-0.2, -0.15) is 0 Å². The minimum absolute atomic E-state index is 0.132. The van der Waals surface area contributed by atoms with E-state index in [2.05, 4.69) is 25.9 Å². The molecule has 11 heteroatoms. The standard InChI is InChI=1S/C26H31N5O5S/c1-15-9-10-18(13-20(15)32)7-5-11-27-26-29-16(2)22(17(3)30-26)24(34)31-19(25(35)36-4)14-28-23(33)21-8-6-12-37-21/h6,8-10,12-13,19,32H,5,7,11,14H2,1-4H3,(H,28,33)(H,31,34)(H,27,29,30). The van der Waals surface area contributed by atoms with E-state index in [4.69, 9.17) is 4.74 Å². The van der Waals surface area contributed by atoms with Crippen LogP contribution in [0.3, 0.4) is 0 Å². The zero-order chi connectivity index (χ0) is 26.9. The lowest BCUT2D eigenvalue weighted by atomic mass is 10.1. The number of amides is 2. The minimum atomic E-state index is -1.08. The second-order valence-electron chi connectivity index (χ2n) is 8.48. The number of rotatable bonds is 11. The molecule has 2 heterocycles. The Labute approximate surface area is 219 Å². The predicted molar refractivity (Wildman–Crippen MR) is 141 cm³/mol. The maximum atomic E-state index is 13.0. The maximum Gasteiger partial charge on any atom is 0.330 e. The lowest BCUT2D eigenvalue weighted by Gasteiger charge is -2.18. The molecule has 0 aliphatic rings. The van der Waals surface area contributed by atoms with Gasteiger partial charge in [-0.25, -0.2) is 14.8 Å². The van der Waals surface area contributed by atoms with E-state index >= 15 is 0 Å². The molecule has 0 saturated heterocycles. The second kappa shape index (κ2) is 12.8. The van der Waals surface area contributed by atoms with Gasteiger partial charge in [-0.1, -0.05) is 18.2 Å². The molecule has 3 rings (SSSR count). The van der Waals surface area contributed by atoms with Crippen molar-refractivity contribution in [2.45, 2.75) is 39.7 Å². The Morgan fingerprint density at radius 1 is 1.08 bits per heavy atom. The topological polar surface area (TPSA) is 143 Å². The first-order valence-electron chi connectivity index (χ1n) is 11.8. The molecule has 1 aromatic carbocycles. The highest BCUT2D eigenvalue weighted by atomic mass is 32.1.